The van der Waals surface area contributed by atoms with E-state index >= 15 is 0 Å². The summed E-state index contributed by atoms with van der Waals surface area (Å²) in [5, 5.41) is 2.60. The van der Waals surface area contributed by atoms with E-state index in [1.165, 1.54) is 0 Å². The number of ketones is 1. The van der Waals surface area contributed by atoms with Crippen LogP contribution in [0.25, 0.3) is 0 Å². The normalized spacial score (nSPS) is 10.9. The minimum atomic E-state index is -0.541. The molecule has 0 fully saturated rings. The monoisotopic (exact) mass is 249 g/mol. The highest BCUT2D eigenvalue weighted by Crippen LogP contribution is 2.14. The smallest absolute Gasteiger partial charge is 0.412 e. The molecule has 1 amide bonds. The summed E-state index contributed by atoms with van der Waals surface area (Å²) in [7, 11) is 0. The lowest BCUT2D eigenvalue weighted by molar-refractivity contribution is 0.0635. The van der Waals surface area contributed by atoms with Crippen molar-refractivity contribution in [3.8, 4) is 0 Å². The number of amides is 1. The lowest BCUT2D eigenvalue weighted by atomic mass is 10.1. The molecule has 0 atom stereocenters. The van der Waals surface area contributed by atoms with E-state index in [4.69, 9.17) is 4.74 Å². The van der Waals surface area contributed by atoms with Gasteiger partial charge in [0.1, 0.15) is 5.60 Å². The van der Waals surface area contributed by atoms with Gasteiger partial charge in [0.2, 0.25) is 0 Å². The van der Waals surface area contributed by atoms with Gasteiger partial charge in [-0.25, -0.2) is 4.79 Å². The van der Waals surface area contributed by atoms with Gasteiger partial charge < -0.3 is 4.74 Å². The Kier molecular flexibility index (Phi) is 4.48. The van der Waals surface area contributed by atoms with E-state index in [0.29, 0.717) is 17.7 Å². The third kappa shape index (κ3) is 4.57. The van der Waals surface area contributed by atoms with Gasteiger partial charge >= 0.3 is 6.09 Å². The van der Waals surface area contributed by atoms with Crippen LogP contribution in [0.1, 0.15) is 44.5 Å². The van der Waals surface area contributed by atoms with Crippen molar-refractivity contribution < 1.29 is 14.3 Å². The third-order valence-corrected chi connectivity index (χ3v) is 2.15. The van der Waals surface area contributed by atoms with Crippen molar-refractivity contribution in [1.29, 1.82) is 0 Å². The van der Waals surface area contributed by atoms with Crippen LogP contribution in [0.15, 0.2) is 24.3 Å². The van der Waals surface area contributed by atoms with Gasteiger partial charge in [0.05, 0.1) is 0 Å². The van der Waals surface area contributed by atoms with E-state index in [1.807, 2.05) is 0 Å². The zero-order valence-electron chi connectivity index (χ0n) is 11.2. The Hall–Kier alpha value is -1.84. The van der Waals surface area contributed by atoms with E-state index in [0.717, 1.165) is 0 Å². The Labute approximate surface area is 107 Å². The molecule has 1 N–H and O–H groups in total. The van der Waals surface area contributed by atoms with Crippen LogP contribution >= 0.6 is 0 Å². The minimum absolute atomic E-state index is 0.0443. The van der Waals surface area contributed by atoms with Crippen molar-refractivity contribution in [3.63, 3.8) is 0 Å². The molecular weight excluding hydrogens is 230 g/mol. The second-order valence-corrected chi connectivity index (χ2v) is 4.98. The minimum Gasteiger partial charge on any atom is -0.444 e. The van der Waals surface area contributed by atoms with Gasteiger partial charge in [-0.1, -0.05) is 19.1 Å². The van der Waals surface area contributed by atoms with E-state index in [9.17, 15) is 9.59 Å². The first kappa shape index (κ1) is 14.2. The van der Waals surface area contributed by atoms with Crippen molar-refractivity contribution in [3.05, 3.63) is 29.8 Å². The van der Waals surface area contributed by atoms with Gasteiger partial charge in [-0.15, -0.1) is 0 Å². The van der Waals surface area contributed by atoms with Crippen LogP contribution in [-0.2, 0) is 4.74 Å². The number of Topliss-reactive ketones (excluding diaryl/α,β-unsaturated/α-hetero) is 1. The average molecular weight is 249 g/mol. The Bertz CT molecular complexity index is 447. The van der Waals surface area contributed by atoms with E-state index < -0.39 is 11.7 Å². The molecule has 18 heavy (non-hydrogen) atoms. The van der Waals surface area contributed by atoms with Crippen molar-refractivity contribution in [2.75, 3.05) is 5.32 Å². The highest BCUT2D eigenvalue weighted by atomic mass is 16.6. The first-order chi connectivity index (χ1) is 8.31. The van der Waals surface area contributed by atoms with Gasteiger partial charge in [-0.3, -0.25) is 10.1 Å². The summed E-state index contributed by atoms with van der Waals surface area (Å²) in [6.07, 6.45) is -0.0841. The molecule has 1 rings (SSSR count). The molecule has 0 aliphatic carbocycles. The number of ether oxygens (including phenoxy) is 1. The number of hydrogen-bond donors (Lipinski definition) is 1. The number of rotatable bonds is 3. The first-order valence-electron chi connectivity index (χ1n) is 5.95. The van der Waals surface area contributed by atoms with Gasteiger partial charge in [0.25, 0.3) is 0 Å². The molecule has 0 aliphatic rings. The maximum Gasteiger partial charge on any atom is 0.412 e. The third-order valence-electron chi connectivity index (χ3n) is 2.15. The predicted molar refractivity (Wildman–Crippen MR) is 70.9 cm³/mol. The molecule has 0 saturated heterocycles. The standard InChI is InChI=1S/C14H19NO3/c1-5-12(16)10-7-6-8-11(9-10)15-13(17)18-14(2,3)4/h6-9H,5H2,1-4H3,(H,15,17). The molecule has 0 unspecified atom stereocenters. The average Bonchev–Trinajstić information content (AvgIpc) is 2.25. The molecule has 98 valence electrons. The van der Waals surface area contributed by atoms with Gasteiger partial charge in [0, 0.05) is 17.7 Å². The zero-order chi connectivity index (χ0) is 13.8. The van der Waals surface area contributed by atoms with Crippen LogP contribution in [0.3, 0.4) is 0 Å². The SMILES string of the molecule is CCC(=O)c1cccc(NC(=O)OC(C)(C)C)c1. The van der Waals surface area contributed by atoms with E-state index in [-0.39, 0.29) is 5.78 Å². The molecule has 1 aromatic carbocycles. The van der Waals surface area contributed by atoms with E-state index in [1.54, 1.807) is 52.0 Å². The van der Waals surface area contributed by atoms with Gasteiger partial charge in [-0.05, 0) is 32.9 Å². The highest BCUT2D eigenvalue weighted by Gasteiger charge is 2.16. The van der Waals surface area contributed by atoms with E-state index in [2.05, 4.69) is 5.32 Å². The molecule has 0 aromatic heterocycles. The maximum atomic E-state index is 11.6. The second kappa shape index (κ2) is 5.67. The zero-order valence-corrected chi connectivity index (χ0v) is 11.2. The molecule has 4 nitrogen and oxygen atoms in total. The molecular formula is C14H19NO3. The number of carbonyl (C=O) groups is 2. The fourth-order valence-electron chi connectivity index (χ4n) is 1.40. The number of carbonyl (C=O) groups excluding carboxylic acids is 2. The lowest BCUT2D eigenvalue weighted by Gasteiger charge is -2.19. The lowest BCUT2D eigenvalue weighted by Crippen LogP contribution is -2.27. The Morgan fingerprint density at radius 1 is 1.28 bits per heavy atom. The van der Waals surface area contributed by atoms with Crippen LogP contribution in [-0.4, -0.2) is 17.5 Å². The molecule has 0 heterocycles. The van der Waals surface area contributed by atoms with Crippen molar-refractivity contribution >= 4 is 17.6 Å². The molecule has 0 radical (unpaired) electrons. The number of benzene rings is 1. The molecule has 0 aliphatic heterocycles. The summed E-state index contributed by atoms with van der Waals surface area (Å²) >= 11 is 0. The highest BCUT2D eigenvalue weighted by molar-refractivity contribution is 5.97. The number of anilines is 1. The quantitative estimate of drug-likeness (QED) is 0.832. The summed E-state index contributed by atoms with van der Waals surface area (Å²) in [6, 6.07) is 6.83. The Morgan fingerprint density at radius 3 is 2.50 bits per heavy atom. The summed E-state index contributed by atoms with van der Waals surface area (Å²) < 4.78 is 5.13. The summed E-state index contributed by atoms with van der Waals surface area (Å²) in [4.78, 5) is 23.1. The largest absolute Gasteiger partial charge is 0.444 e. The van der Waals surface area contributed by atoms with Crippen LogP contribution in [0, 0.1) is 0 Å². The van der Waals surface area contributed by atoms with Crippen molar-refractivity contribution in [2.24, 2.45) is 0 Å². The maximum absolute atomic E-state index is 11.6. The Balaban J connectivity index is 2.74. The first-order valence-corrected chi connectivity index (χ1v) is 5.95. The van der Waals surface area contributed by atoms with Gasteiger partial charge in [-0.2, -0.15) is 0 Å². The van der Waals surface area contributed by atoms with Crippen LogP contribution in [0.4, 0.5) is 10.5 Å². The topological polar surface area (TPSA) is 55.4 Å². The molecule has 0 spiro atoms. The molecule has 0 bridgehead atoms. The van der Waals surface area contributed by atoms with Crippen molar-refractivity contribution in [1.82, 2.24) is 0 Å². The van der Waals surface area contributed by atoms with Crippen LogP contribution in [0.5, 0.6) is 0 Å². The number of hydrogen-bond acceptors (Lipinski definition) is 3. The fourth-order valence-corrected chi connectivity index (χ4v) is 1.40. The van der Waals surface area contributed by atoms with Crippen LogP contribution in [0.2, 0.25) is 0 Å². The molecule has 1 aromatic rings. The second-order valence-electron chi connectivity index (χ2n) is 4.98. The number of nitrogens with one attached hydrogen (secondary N) is 1. The van der Waals surface area contributed by atoms with Crippen molar-refractivity contribution in [2.45, 2.75) is 39.7 Å². The van der Waals surface area contributed by atoms with Gasteiger partial charge in [0.15, 0.2) is 5.78 Å². The summed E-state index contributed by atoms with van der Waals surface area (Å²) in [5.74, 6) is 0.0443. The fraction of sp³-hybridized carbons (Fsp3) is 0.429. The van der Waals surface area contributed by atoms with Crippen LogP contribution < -0.4 is 5.32 Å². The Morgan fingerprint density at radius 2 is 1.94 bits per heavy atom. The molecule has 0 saturated carbocycles. The summed E-state index contributed by atoms with van der Waals surface area (Å²) in [5.41, 5.74) is 0.607. The molecule has 4 heteroatoms. The summed E-state index contributed by atoms with van der Waals surface area (Å²) in [6.45, 7) is 7.19. The predicted octanol–water partition coefficient (Wildman–Crippen LogP) is 3.63.